The maximum atomic E-state index is 11.1. The molecule has 1 spiro atoms. The van der Waals surface area contributed by atoms with Gasteiger partial charge in [0.1, 0.15) is 5.82 Å². The maximum absolute atomic E-state index is 11.1. The van der Waals surface area contributed by atoms with E-state index in [2.05, 4.69) is 56.1 Å². The van der Waals surface area contributed by atoms with Crippen LogP contribution in [0.25, 0.3) is 0 Å². The molecule has 0 aliphatic carbocycles. The molecule has 1 N–H and O–H groups in total. The highest BCUT2D eigenvalue weighted by molar-refractivity contribution is 5.74. The lowest BCUT2D eigenvalue weighted by Crippen LogP contribution is -2.50. The number of rotatable bonds is 4. The summed E-state index contributed by atoms with van der Waals surface area (Å²) < 4.78 is 0. The summed E-state index contributed by atoms with van der Waals surface area (Å²) in [7, 11) is 0. The van der Waals surface area contributed by atoms with Gasteiger partial charge >= 0.3 is 5.97 Å². The second-order valence-electron chi connectivity index (χ2n) is 8.49. The number of pyridine rings is 1. The zero-order chi connectivity index (χ0) is 19.1. The molecule has 1 aromatic carbocycles. The molecule has 28 heavy (non-hydrogen) atoms. The van der Waals surface area contributed by atoms with Crippen molar-refractivity contribution in [2.75, 3.05) is 54.0 Å². The monoisotopic (exact) mass is 378 g/mol. The van der Waals surface area contributed by atoms with Crippen LogP contribution in [0.3, 0.4) is 0 Å². The molecule has 3 aliphatic heterocycles. The number of nitrogens with zero attached hydrogens (tertiary/aromatic N) is 4. The van der Waals surface area contributed by atoms with Crippen LogP contribution < -0.4 is 14.7 Å². The van der Waals surface area contributed by atoms with Crippen LogP contribution in [-0.4, -0.2) is 55.3 Å². The van der Waals surface area contributed by atoms with E-state index in [1.54, 1.807) is 0 Å². The van der Waals surface area contributed by atoms with Gasteiger partial charge in [-0.2, -0.15) is 0 Å². The summed E-state index contributed by atoms with van der Waals surface area (Å²) in [5.41, 5.74) is 2.75. The van der Waals surface area contributed by atoms with Crippen LogP contribution in [0.5, 0.6) is 0 Å². The lowest BCUT2D eigenvalue weighted by Gasteiger charge is -2.38. The van der Waals surface area contributed by atoms with Crippen LogP contribution >= 0.6 is 0 Å². The van der Waals surface area contributed by atoms with E-state index in [0.29, 0.717) is 18.5 Å². The predicted molar refractivity (Wildman–Crippen MR) is 110 cm³/mol. The van der Waals surface area contributed by atoms with Gasteiger partial charge in [-0.25, -0.2) is 4.98 Å². The number of carboxylic acids is 1. The maximum Gasteiger partial charge on any atom is 0.310 e. The Hall–Kier alpha value is -2.76. The first-order chi connectivity index (χ1) is 13.6. The first-order valence-electron chi connectivity index (χ1n) is 10.1. The molecule has 1 atom stereocenters. The largest absolute Gasteiger partial charge is 0.481 e. The summed E-state index contributed by atoms with van der Waals surface area (Å²) in [5.74, 6) is 0.0802. The molecule has 3 fully saturated rings. The minimum atomic E-state index is -0.698. The smallest absolute Gasteiger partial charge is 0.310 e. The van der Waals surface area contributed by atoms with Crippen molar-refractivity contribution in [2.45, 2.75) is 12.8 Å². The van der Waals surface area contributed by atoms with Crippen molar-refractivity contribution < 1.29 is 9.90 Å². The SMILES string of the molecule is O=C(O)C1CN(c2ccnc(N3CCC4(CCN(c5ccccc5)C4)C3)c2)C1. The molecule has 6 heteroatoms. The Labute approximate surface area is 165 Å². The van der Waals surface area contributed by atoms with Crippen molar-refractivity contribution in [2.24, 2.45) is 11.3 Å². The third-order valence-corrected chi connectivity index (χ3v) is 6.65. The van der Waals surface area contributed by atoms with Crippen LogP contribution in [0.2, 0.25) is 0 Å². The predicted octanol–water partition coefficient (Wildman–Crippen LogP) is 2.71. The number of carbonyl (C=O) groups is 1. The van der Waals surface area contributed by atoms with Gasteiger partial charge in [0.25, 0.3) is 0 Å². The molecule has 3 aliphatic rings. The van der Waals surface area contributed by atoms with Gasteiger partial charge in [0.2, 0.25) is 0 Å². The van der Waals surface area contributed by atoms with E-state index in [1.807, 2.05) is 12.3 Å². The number of benzene rings is 1. The Morgan fingerprint density at radius 3 is 2.43 bits per heavy atom. The quantitative estimate of drug-likeness (QED) is 0.883. The third kappa shape index (κ3) is 3.07. The van der Waals surface area contributed by atoms with Crippen LogP contribution in [0, 0.1) is 11.3 Å². The van der Waals surface area contributed by atoms with Crippen molar-refractivity contribution in [3.05, 3.63) is 48.7 Å². The van der Waals surface area contributed by atoms with Crippen LogP contribution in [0.4, 0.5) is 17.2 Å². The summed E-state index contributed by atoms with van der Waals surface area (Å²) in [6, 6.07) is 14.8. The summed E-state index contributed by atoms with van der Waals surface area (Å²) in [6.45, 7) is 5.50. The summed E-state index contributed by atoms with van der Waals surface area (Å²) >= 11 is 0. The molecule has 2 aromatic rings. The van der Waals surface area contributed by atoms with Gasteiger partial charge < -0.3 is 19.8 Å². The average molecular weight is 378 g/mol. The van der Waals surface area contributed by atoms with Gasteiger partial charge in [0.05, 0.1) is 5.92 Å². The number of para-hydroxylation sites is 1. The molecule has 0 saturated carbocycles. The molecule has 4 heterocycles. The van der Waals surface area contributed by atoms with Gasteiger partial charge in [-0.3, -0.25) is 4.79 Å². The molecule has 6 nitrogen and oxygen atoms in total. The van der Waals surface area contributed by atoms with Crippen LogP contribution in [-0.2, 0) is 4.79 Å². The summed E-state index contributed by atoms with van der Waals surface area (Å²) in [4.78, 5) is 22.7. The Balaban J connectivity index is 1.26. The normalized spacial score (nSPS) is 24.8. The van der Waals surface area contributed by atoms with E-state index in [-0.39, 0.29) is 5.92 Å². The Morgan fingerprint density at radius 2 is 1.68 bits per heavy atom. The third-order valence-electron chi connectivity index (χ3n) is 6.65. The molecular weight excluding hydrogens is 352 g/mol. The van der Waals surface area contributed by atoms with Gasteiger partial charge in [-0.1, -0.05) is 18.2 Å². The van der Waals surface area contributed by atoms with Crippen molar-refractivity contribution in [3.63, 3.8) is 0 Å². The Kier molecular flexibility index (Phi) is 4.14. The lowest BCUT2D eigenvalue weighted by atomic mass is 9.86. The molecule has 1 aromatic heterocycles. The standard InChI is InChI=1S/C22H26N4O2/c27-21(28)17-13-26(14-17)19-6-9-23-20(12-19)25-11-8-22(16-25)7-10-24(15-22)18-4-2-1-3-5-18/h1-6,9,12,17H,7-8,10-11,13-16H2,(H,27,28). The van der Waals surface area contributed by atoms with Crippen molar-refractivity contribution in [1.29, 1.82) is 0 Å². The van der Waals surface area contributed by atoms with Crippen molar-refractivity contribution in [3.8, 4) is 0 Å². The van der Waals surface area contributed by atoms with Crippen molar-refractivity contribution in [1.82, 2.24) is 4.98 Å². The van der Waals surface area contributed by atoms with Crippen LogP contribution in [0.1, 0.15) is 12.8 Å². The number of hydrogen-bond donors (Lipinski definition) is 1. The molecular formula is C22H26N4O2. The zero-order valence-corrected chi connectivity index (χ0v) is 16.0. The van der Waals surface area contributed by atoms with Gasteiger partial charge in [0.15, 0.2) is 0 Å². The second-order valence-corrected chi connectivity index (χ2v) is 8.49. The Bertz CT molecular complexity index is 868. The van der Waals surface area contributed by atoms with Crippen molar-refractivity contribution >= 4 is 23.2 Å². The molecule has 146 valence electrons. The minimum absolute atomic E-state index is 0.242. The summed E-state index contributed by atoms with van der Waals surface area (Å²) in [5, 5.41) is 9.10. The number of hydrogen-bond acceptors (Lipinski definition) is 5. The fourth-order valence-electron chi connectivity index (χ4n) is 4.88. The van der Waals surface area contributed by atoms with E-state index in [4.69, 9.17) is 5.11 Å². The second kappa shape index (κ2) is 6.69. The summed E-state index contributed by atoms with van der Waals surface area (Å²) in [6.07, 6.45) is 4.28. The Morgan fingerprint density at radius 1 is 0.964 bits per heavy atom. The molecule has 3 saturated heterocycles. The van der Waals surface area contributed by atoms with E-state index in [1.165, 1.54) is 18.5 Å². The number of aliphatic carboxylic acids is 1. The molecule has 0 radical (unpaired) electrons. The first kappa shape index (κ1) is 17.3. The van der Waals surface area contributed by atoms with E-state index in [0.717, 1.165) is 37.7 Å². The number of anilines is 3. The van der Waals surface area contributed by atoms with E-state index < -0.39 is 5.97 Å². The molecule has 5 rings (SSSR count). The topological polar surface area (TPSA) is 59.9 Å². The van der Waals surface area contributed by atoms with E-state index >= 15 is 0 Å². The first-order valence-corrected chi connectivity index (χ1v) is 10.1. The highest BCUT2D eigenvalue weighted by Gasteiger charge is 2.44. The highest BCUT2D eigenvalue weighted by atomic mass is 16.4. The fraction of sp³-hybridized carbons (Fsp3) is 0.455. The number of aromatic nitrogens is 1. The van der Waals surface area contributed by atoms with Crippen LogP contribution in [0.15, 0.2) is 48.7 Å². The minimum Gasteiger partial charge on any atom is -0.481 e. The fourth-order valence-corrected chi connectivity index (χ4v) is 4.88. The average Bonchev–Trinajstić information content (AvgIpc) is 3.29. The molecule has 0 amide bonds. The number of carboxylic acid groups (broad SMARTS) is 1. The van der Waals surface area contributed by atoms with Gasteiger partial charge in [0, 0.05) is 68.3 Å². The molecule has 0 bridgehead atoms. The lowest BCUT2D eigenvalue weighted by molar-refractivity contribution is -0.142. The highest BCUT2D eigenvalue weighted by Crippen LogP contribution is 2.42. The van der Waals surface area contributed by atoms with Gasteiger partial charge in [-0.15, -0.1) is 0 Å². The van der Waals surface area contributed by atoms with E-state index in [9.17, 15) is 4.79 Å². The molecule has 1 unspecified atom stereocenters. The zero-order valence-electron chi connectivity index (χ0n) is 16.0. The van der Waals surface area contributed by atoms with Gasteiger partial charge in [-0.05, 0) is 31.0 Å².